The van der Waals surface area contributed by atoms with Crippen LogP contribution in [0, 0.1) is 12.7 Å². The van der Waals surface area contributed by atoms with Crippen molar-refractivity contribution >= 4 is 37.6 Å². The number of carboxylic acids is 1. The second-order valence-corrected chi connectivity index (χ2v) is 7.07. The van der Waals surface area contributed by atoms with Crippen LogP contribution in [0.4, 0.5) is 10.1 Å². The van der Waals surface area contributed by atoms with Crippen LogP contribution >= 0.6 is 15.9 Å². The van der Waals surface area contributed by atoms with Gasteiger partial charge in [-0.3, -0.25) is 4.72 Å². The molecule has 0 radical (unpaired) electrons. The fourth-order valence-electron chi connectivity index (χ4n) is 1.74. The summed E-state index contributed by atoms with van der Waals surface area (Å²) in [6, 6.07) is 7.60. The second-order valence-electron chi connectivity index (χ2n) is 4.54. The number of benzene rings is 2. The lowest BCUT2D eigenvalue weighted by Gasteiger charge is -2.10. The summed E-state index contributed by atoms with van der Waals surface area (Å²) >= 11 is 3.03. The van der Waals surface area contributed by atoms with Crippen LogP contribution in [0.15, 0.2) is 45.8 Å². The molecule has 0 atom stereocenters. The van der Waals surface area contributed by atoms with Gasteiger partial charge in [0.25, 0.3) is 10.0 Å². The minimum Gasteiger partial charge on any atom is -0.478 e. The van der Waals surface area contributed by atoms with E-state index >= 15 is 0 Å². The van der Waals surface area contributed by atoms with Gasteiger partial charge in [0.1, 0.15) is 5.82 Å². The zero-order valence-corrected chi connectivity index (χ0v) is 13.7. The first-order valence-corrected chi connectivity index (χ1v) is 8.30. The molecule has 0 aliphatic carbocycles. The van der Waals surface area contributed by atoms with Gasteiger partial charge in [0.15, 0.2) is 0 Å². The lowest BCUT2D eigenvalue weighted by Crippen LogP contribution is -2.15. The Morgan fingerprint density at radius 1 is 1.23 bits per heavy atom. The Balaban J connectivity index is 2.42. The molecule has 0 heterocycles. The molecular weight excluding hydrogens is 377 g/mol. The maximum Gasteiger partial charge on any atom is 0.336 e. The minimum absolute atomic E-state index is 0.202. The third-order valence-electron chi connectivity index (χ3n) is 2.85. The highest BCUT2D eigenvalue weighted by molar-refractivity contribution is 9.10. The molecule has 0 saturated heterocycles. The van der Waals surface area contributed by atoms with Crippen LogP contribution < -0.4 is 4.72 Å². The summed E-state index contributed by atoms with van der Waals surface area (Å²) in [5, 5.41) is 9.01. The largest absolute Gasteiger partial charge is 0.478 e. The van der Waals surface area contributed by atoms with Crippen LogP contribution in [0.5, 0.6) is 0 Å². The number of sulfonamides is 1. The standard InChI is InChI=1S/C14H11BrFNO4S/c1-8-2-5-13(12(16)6-8)17-22(20,21)9-3-4-11(15)10(7-9)14(18)19/h2-7,17H,1H3,(H,18,19). The van der Waals surface area contributed by atoms with Gasteiger partial charge in [-0.2, -0.15) is 0 Å². The van der Waals surface area contributed by atoms with Crippen molar-refractivity contribution in [1.82, 2.24) is 0 Å². The molecule has 22 heavy (non-hydrogen) atoms. The molecule has 0 aliphatic heterocycles. The molecule has 0 amide bonds. The lowest BCUT2D eigenvalue weighted by molar-refractivity contribution is 0.0695. The van der Waals surface area contributed by atoms with Crippen molar-refractivity contribution < 1.29 is 22.7 Å². The Morgan fingerprint density at radius 3 is 2.50 bits per heavy atom. The maximum absolute atomic E-state index is 13.7. The molecule has 2 rings (SSSR count). The Bertz CT molecular complexity index is 852. The van der Waals surface area contributed by atoms with Gasteiger partial charge in [0, 0.05) is 4.47 Å². The summed E-state index contributed by atoms with van der Waals surface area (Å²) < 4.78 is 40.6. The van der Waals surface area contributed by atoms with E-state index in [1.807, 2.05) is 0 Å². The SMILES string of the molecule is Cc1ccc(NS(=O)(=O)c2ccc(Br)c(C(=O)O)c2)c(F)c1. The average molecular weight is 388 g/mol. The van der Waals surface area contributed by atoms with E-state index in [1.165, 1.54) is 24.3 Å². The van der Waals surface area contributed by atoms with Crippen molar-refractivity contribution in [2.45, 2.75) is 11.8 Å². The predicted octanol–water partition coefficient (Wildman–Crippen LogP) is 3.40. The van der Waals surface area contributed by atoms with Gasteiger partial charge in [-0.05, 0) is 58.7 Å². The highest BCUT2D eigenvalue weighted by atomic mass is 79.9. The lowest BCUT2D eigenvalue weighted by atomic mass is 10.2. The smallest absolute Gasteiger partial charge is 0.336 e. The topological polar surface area (TPSA) is 83.5 Å². The molecule has 2 aromatic rings. The number of hydrogen-bond donors (Lipinski definition) is 2. The normalized spacial score (nSPS) is 11.2. The second kappa shape index (κ2) is 6.05. The van der Waals surface area contributed by atoms with E-state index in [2.05, 4.69) is 20.7 Å². The van der Waals surface area contributed by atoms with E-state index in [0.29, 0.717) is 5.56 Å². The van der Waals surface area contributed by atoms with Crippen molar-refractivity contribution in [3.05, 3.63) is 57.8 Å². The molecule has 0 bridgehead atoms. The van der Waals surface area contributed by atoms with Crippen molar-refractivity contribution in [2.75, 3.05) is 4.72 Å². The molecule has 0 fully saturated rings. The number of aromatic carboxylic acids is 1. The third-order valence-corrected chi connectivity index (χ3v) is 4.90. The van der Waals surface area contributed by atoms with E-state index in [9.17, 15) is 17.6 Å². The minimum atomic E-state index is -4.10. The van der Waals surface area contributed by atoms with E-state index in [1.54, 1.807) is 13.0 Å². The molecule has 116 valence electrons. The first-order chi connectivity index (χ1) is 10.2. The van der Waals surface area contributed by atoms with Crippen molar-refractivity contribution in [3.63, 3.8) is 0 Å². The van der Waals surface area contributed by atoms with Gasteiger partial charge in [-0.1, -0.05) is 6.07 Å². The van der Waals surface area contributed by atoms with Crippen LogP contribution in [0.2, 0.25) is 0 Å². The van der Waals surface area contributed by atoms with Crippen LogP contribution in [-0.4, -0.2) is 19.5 Å². The molecule has 0 aromatic heterocycles. The molecular formula is C14H11BrFNO4S. The molecule has 0 saturated carbocycles. The van der Waals surface area contributed by atoms with E-state index < -0.39 is 21.8 Å². The molecule has 8 heteroatoms. The number of hydrogen-bond acceptors (Lipinski definition) is 3. The Morgan fingerprint density at radius 2 is 1.91 bits per heavy atom. The van der Waals surface area contributed by atoms with Gasteiger partial charge < -0.3 is 5.11 Å². The maximum atomic E-state index is 13.7. The Labute approximate surface area is 135 Å². The molecule has 0 unspecified atom stereocenters. The number of halogens is 2. The highest BCUT2D eigenvalue weighted by Gasteiger charge is 2.19. The fourth-order valence-corrected chi connectivity index (χ4v) is 3.25. The summed E-state index contributed by atoms with van der Waals surface area (Å²) in [4.78, 5) is 10.8. The first kappa shape index (κ1) is 16.4. The highest BCUT2D eigenvalue weighted by Crippen LogP contribution is 2.24. The average Bonchev–Trinajstić information content (AvgIpc) is 2.42. The van der Waals surface area contributed by atoms with Gasteiger partial charge >= 0.3 is 5.97 Å². The summed E-state index contributed by atoms with van der Waals surface area (Å²) in [6.07, 6.45) is 0. The zero-order valence-electron chi connectivity index (χ0n) is 11.3. The number of rotatable bonds is 4. The molecule has 0 spiro atoms. The molecule has 0 aliphatic rings. The van der Waals surface area contributed by atoms with E-state index in [-0.39, 0.29) is 20.6 Å². The van der Waals surface area contributed by atoms with Crippen molar-refractivity contribution in [3.8, 4) is 0 Å². The number of aryl methyl sites for hydroxylation is 1. The van der Waals surface area contributed by atoms with E-state index in [4.69, 9.17) is 5.11 Å². The fraction of sp³-hybridized carbons (Fsp3) is 0.0714. The first-order valence-electron chi connectivity index (χ1n) is 6.02. The number of carboxylic acid groups (broad SMARTS) is 1. The summed E-state index contributed by atoms with van der Waals surface area (Å²) in [5.41, 5.74) is 0.245. The van der Waals surface area contributed by atoms with Crippen LogP contribution in [0.3, 0.4) is 0 Å². The van der Waals surface area contributed by atoms with Gasteiger partial charge in [0.2, 0.25) is 0 Å². The quantitative estimate of drug-likeness (QED) is 0.841. The number of carbonyl (C=O) groups is 1. The van der Waals surface area contributed by atoms with Gasteiger partial charge in [0.05, 0.1) is 16.1 Å². The summed E-state index contributed by atoms with van der Waals surface area (Å²) in [5.74, 6) is -1.98. The molecule has 5 nitrogen and oxygen atoms in total. The summed E-state index contributed by atoms with van der Waals surface area (Å²) in [6.45, 7) is 1.68. The van der Waals surface area contributed by atoms with Crippen LogP contribution in [-0.2, 0) is 10.0 Å². The third kappa shape index (κ3) is 3.45. The number of nitrogens with one attached hydrogen (secondary N) is 1. The van der Waals surface area contributed by atoms with Crippen molar-refractivity contribution in [1.29, 1.82) is 0 Å². The Kier molecular flexibility index (Phi) is 4.52. The van der Waals surface area contributed by atoms with Crippen molar-refractivity contribution in [2.24, 2.45) is 0 Å². The van der Waals surface area contributed by atoms with Gasteiger partial charge in [-0.25, -0.2) is 17.6 Å². The van der Waals surface area contributed by atoms with Gasteiger partial charge in [-0.15, -0.1) is 0 Å². The Hall–Kier alpha value is -1.93. The van der Waals surface area contributed by atoms with Crippen LogP contribution in [0.1, 0.15) is 15.9 Å². The van der Waals surface area contributed by atoms with Crippen LogP contribution in [0.25, 0.3) is 0 Å². The molecule has 2 N–H and O–H groups in total. The molecule has 2 aromatic carbocycles. The van der Waals surface area contributed by atoms with E-state index in [0.717, 1.165) is 6.07 Å². The number of anilines is 1. The predicted molar refractivity (Wildman–Crippen MR) is 83.0 cm³/mol. The monoisotopic (exact) mass is 387 g/mol. The summed E-state index contributed by atoms with van der Waals surface area (Å²) in [7, 11) is -4.10. The zero-order chi connectivity index (χ0) is 16.5.